The summed E-state index contributed by atoms with van der Waals surface area (Å²) in [5.74, 6) is 0.756. The molecule has 1 atom stereocenters. The lowest BCUT2D eigenvalue weighted by Crippen LogP contribution is -1.94. The largest absolute Gasteiger partial charge is 0.389 e. The lowest BCUT2D eigenvalue weighted by molar-refractivity contribution is 0.199. The van der Waals surface area contributed by atoms with Crippen LogP contribution in [-0.4, -0.2) is 5.11 Å². The fourth-order valence-electron chi connectivity index (χ4n) is 1.42. The highest BCUT2D eigenvalue weighted by Crippen LogP contribution is 2.14. The summed E-state index contributed by atoms with van der Waals surface area (Å²) in [7, 11) is 0. The van der Waals surface area contributed by atoms with E-state index in [4.69, 9.17) is 0 Å². The van der Waals surface area contributed by atoms with E-state index in [1.807, 2.05) is 12.1 Å². The highest BCUT2D eigenvalue weighted by atomic mass is 16.3. The highest BCUT2D eigenvalue weighted by molar-refractivity contribution is 5.23. The van der Waals surface area contributed by atoms with E-state index in [9.17, 15) is 5.11 Å². The third kappa shape index (κ3) is 3.51. The lowest BCUT2D eigenvalue weighted by atomic mass is 10.0. The molecule has 1 aromatic carbocycles. The molecule has 0 bridgehead atoms. The van der Waals surface area contributed by atoms with Gasteiger partial charge in [-0.15, -0.1) is 0 Å². The summed E-state index contributed by atoms with van der Waals surface area (Å²) >= 11 is 0. The molecule has 1 heteroatoms. The van der Waals surface area contributed by atoms with Crippen LogP contribution in [0.1, 0.15) is 44.4 Å². The van der Waals surface area contributed by atoms with Gasteiger partial charge in [-0.1, -0.05) is 38.1 Å². The molecule has 0 saturated carbocycles. The zero-order chi connectivity index (χ0) is 10.6. The summed E-state index contributed by atoms with van der Waals surface area (Å²) in [6.07, 6.45) is 2.01. The van der Waals surface area contributed by atoms with Gasteiger partial charge in [0.1, 0.15) is 0 Å². The van der Waals surface area contributed by atoms with E-state index in [-0.39, 0.29) is 6.10 Å². The van der Waals surface area contributed by atoms with E-state index < -0.39 is 0 Å². The maximum absolute atomic E-state index is 9.33. The van der Waals surface area contributed by atoms with Crippen LogP contribution in [0.2, 0.25) is 0 Å². The van der Waals surface area contributed by atoms with E-state index in [2.05, 4.69) is 26.0 Å². The maximum Gasteiger partial charge on any atom is 0.0761 e. The minimum Gasteiger partial charge on any atom is -0.389 e. The van der Waals surface area contributed by atoms with Gasteiger partial charge in [0.2, 0.25) is 0 Å². The van der Waals surface area contributed by atoms with Crippen LogP contribution in [0.5, 0.6) is 0 Å². The second-order valence-electron chi connectivity index (χ2n) is 4.35. The van der Waals surface area contributed by atoms with Gasteiger partial charge in [-0.25, -0.2) is 0 Å². The minimum absolute atomic E-state index is 0.353. The fraction of sp³-hybridized carbons (Fsp3) is 0.538. The van der Waals surface area contributed by atoms with Crippen LogP contribution in [0.15, 0.2) is 24.3 Å². The number of hydrogen-bond acceptors (Lipinski definition) is 1. The van der Waals surface area contributed by atoms with Crippen molar-refractivity contribution in [3.63, 3.8) is 0 Å². The van der Waals surface area contributed by atoms with Crippen LogP contribution in [-0.2, 0) is 6.42 Å². The molecule has 1 aromatic rings. The molecule has 0 saturated heterocycles. The van der Waals surface area contributed by atoms with E-state index >= 15 is 0 Å². The molecule has 0 aliphatic carbocycles. The van der Waals surface area contributed by atoms with Crippen LogP contribution in [0.4, 0.5) is 0 Å². The fourth-order valence-corrected chi connectivity index (χ4v) is 1.42. The summed E-state index contributed by atoms with van der Waals surface area (Å²) in [5, 5.41) is 9.33. The van der Waals surface area contributed by atoms with Gasteiger partial charge < -0.3 is 5.11 Å². The van der Waals surface area contributed by atoms with Crippen molar-refractivity contribution in [2.45, 2.75) is 39.7 Å². The van der Waals surface area contributed by atoms with Gasteiger partial charge in [-0.2, -0.15) is 0 Å². The smallest absolute Gasteiger partial charge is 0.0761 e. The number of aliphatic hydroxyl groups excluding tert-OH is 1. The minimum atomic E-state index is -0.353. The molecule has 0 fully saturated rings. The molecule has 1 unspecified atom stereocenters. The van der Waals surface area contributed by atoms with Gasteiger partial charge in [0.15, 0.2) is 0 Å². The molecular formula is C13H20O. The Morgan fingerprint density at radius 1 is 1.07 bits per heavy atom. The van der Waals surface area contributed by atoms with Gasteiger partial charge in [-0.3, -0.25) is 0 Å². The molecule has 1 N–H and O–H groups in total. The Balaban J connectivity index is 2.55. The first kappa shape index (κ1) is 11.3. The topological polar surface area (TPSA) is 20.2 Å². The zero-order valence-electron chi connectivity index (χ0n) is 9.33. The van der Waals surface area contributed by atoms with Crippen molar-refractivity contribution < 1.29 is 5.11 Å². The van der Waals surface area contributed by atoms with Crippen molar-refractivity contribution >= 4 is 0 Å². The van der Waals surface area contributed by atoms with Crippen LogP contribution in [0.3, 0.4) is 0 Å². The lowest BCUT2D eigenvalue weighted by Gasteiger charge is -2.07. The van der Waals surface area contributed by atoms with Crippen molar-refractivity contribution in [3.8, 4) is 0 Å². The van der Waals surface area contributed by atoms with Crippen LogP contribution < -0.4 is 0 Å². The summed E-state index contributed by atoms with van der Waals surface area (Å²) in [5.41, 5.74) is 2.36. The molecular weight excluding hydrogens is 172 g/mol. The molecule has 14 heavy (non-hydrogen) atoms. The number of rotatable bonds is 4. The van der Waals surface area contributed by atoms with Crippen molar-refractivity contribution in [1.82, 2.24) is 0 Å². The first-order valence-electron chi connectivity index (χ1n) is 5.36. The zero-order valence-corrected chi connectivity index (χ0v) is 9.33. The molecule has 0 aromatic heterocycles. The SMILES string of the molecule is CC(C)CCc1ccc(C(C)O)cc1. The quantitative estimate of drug-likeness (QED) is 0.775. The van der Waals surface area contributed by atoms with E-state index in [0.29, 0.717) is 0 Å². The third-order valence-electron chi connectivity index (χ3n) is 2.47. The summed E-state index contributed by atoms with van der Waals surface area (Å²) in [6, 6.07) is 8.26. The Morgan fingerprint density at radius 3 is 2.07 bits per heavy atom. The third-order valence-corrected chi connectivity index (χ3v) is 2.47. The summed E-state index contributed by atoms with van der Waals surface area (Å²) in [4.78, 5) is 0. The molecule has 0 spiro atoms. The Morgan fingerprint density at radius 2 is 1.64 bits per heavy atom. The number of hydrogen-bond donors (Lipinski definition) is 1. The van der Waals surface area contributed by atoms with E-state index in [0.717, 1.165) is 17.9 Å². The second kappa shape index (κ2) is 5.16. The molecule has 78 valence electrons. The predicted molar refractivity (Wildman–Crippen MR) is 60.2 cm³/mol. The molecule has 0 amide bonds. The Kier molecular flexibility index (Phi) is 4.15. The Bertz CT molecular complexity index is 259. The van der Waals surface area contributed by atoms with Gasteiger partial charge in [0.25, 0.3) is 0 Å². The average Bonchev–Trinajstić information content (AvgIpc) is 2.15. The number of benzene rings is 1. The first-order chi connectivity index (χ1) is 6.59. The normalized spacial score (nSPS) is 13.2. The average molecular weight is 192 g/mol. The van der Waals surface area contributed by atoms with Gasteiger partial charge in [0.05, 0.1) is 6.10 Å². The van der Waals surface area contributed by atoms with Crippen molar-refractivity contribution in [2.24, 2.45) is 5.92 Å². The summed E-state index contributed by atoms with van der Waals surface area (Å²) < 4.78 is 0. The standard InChI is InChI=1S/C13H20O/c1-10(2)4-5-12-6-8-13(9-7-12)11(3)14/h6-11,14H,4-5H2,1-3H3. The molecule has 0 aliphatic heterocycles. The summed E-state index contributed by atoms with van der Waals surface area (Å²) in [6.45, 7) is 6.28. The monoisotopic (exact) mass is 192 g/mol. The number of aliphatic hydroxyl groups is 1. The first-order valence-corrected chi connectivity index (χ1v) is 5.36. The predicted octanol–water partition coefficient (Wildman–Crippen LogP) is 3.33. The van der Waals surface area contributed by atoms with Crippen LogP contribution in [0.25, 0.3) is 0 Å². The van der Waals surface area contributed by atoms with Crippen molar-refractivity contribution in [1.29, 1.82) is 0 Å². The van der Waals surface area contributed by atoms with Gasteiger partial charge in [-0.05, 0) is 36.8 Å². The van der Waals surface area contributed by atoms with Gasteiger partial charge >= 0.3 is 0 Å². The maximum atomic E-state index is 9.33. The Hall–Kier alpha value is -0.820. The van der Waals surface area contributed by atoms with E-state index in [1.165, 1.54) is 12.0 Å². The van der Waals surface area contributed by atoms with Crippen LogP contribution in [0, 0.1) is 5.92 Å². The van der Waals surface area contributed by atoms with Crippen molar-refractivity contribution in [2.75, 3.05) is 0 Å². The molecule has 1 rings (SSSR count). The van der Waals surface area contributed by atoms with Gasteiger partial charge in [0, 0.05) is 0 Å². The second-order valence-corrected chi connectivity index (χ2v) is 4.35. The van der Waals surface area contributed by atoms with E-state index in [1.54, 1.807) is 6.92 Å². The van der Waals surface area contributed by atoms with Crippen molar-refractivity contribution in [3.05, 3.63) is 35.4 Å². The molecule has 0 radical (unpaired) electrons. The van der Waals surface area contributed by atoms with Crippen LogP contribution >= 0.6 is 0 Å². The Labute approximate surface area is 86.8 Å². The number of aryl methyl sites for hydroxylation is 1. The molecule has 0 heterocycles. The molecule has 0 aliphatic rings. The molecule has 1 nitrogen and oxygen atoms in total. The highest BCUT2D eigenvalue weighted by Gasteiger charge is 2.00.